The number of thiazole rings is 1. The van der Waals surface area contributed by atoms with Crippen molar-refractivity contribution in [2.75, 3.05) is 17.2 Å². The lowest BCUT2D eigenvalue weighted by Crippen LogP contribution is -2.16. The van der Waals surface area contributed by atoms with Crippen molar-refractivity contribution in [1.82, 2.24) is 15.0 Å². The molecule has 0 unspecified atom stereocenters. The van der Waals surface area contributed by atoms with E-state index in [0.29, 0.717) is 28.7 Å². The Labute approximate surface area is 182 Å². The molecule has 2 N–H and O–H groups in total. The number of amides is 2. The molecular formula is C21H21N5O4S. The largest absolute Gasteiger partial charge is 0.462 e. The van der Waals surface area contributed by atoms with Gasteiger partial charge in [0.1, 0.15) is 5.69 Å². The van der Waals surface area contributed by atoms with Gasteiger partial charge in [-0.15, -0.1) is 11.3 Å². The molecule has 9 nitrogen and oxygen atoms in total. The second-order valence-electron chi connectivity index (χ2n) is 6.48. The standard InChI is InChI=1S/C21H21N5O4S/c1-2-3-10-30-20(29)14-4-6-15(7-5-14)24-18(27)11-16-13-31-21(25-16)26-19(28)17-12-22-8-9-23-17/h4-9,12-13H,2-3,10-11H2,1H3,(H,24,27)(H,25,26,28). The highest BCUT2D eigenvalue weighted by molar-refractivity contribution is 7.14. The Morgan fingerprint density at radius 3 is 2.61 bits per heavy atom. The van der Waals surface area contributed by atoms with Crippen molar-refractivity contribution in [2.45, 2.75) is 26.2 Å². The lowest BCUT2D eigenvalue weighted by molar-refractivity contribution is -0.115. The van der Waals surface area contributed by atoms with Gasteiger partial charge in [-0.3, -0.25) is 19.9 Å². The average molecular weight is 439 g/mol. The van der Waals surface area contributed by atoms with Crippen LogP contribution in [0.3, 0.4) is 0 Å². The van der Waals surface area contributed by atoms with Crippen molar-refractivity contribution in [2.24, 2.45) is 0 Å². The maximum Gasteiger partial charge on any atom is 0.338 e. The zero-order valence-corrected chi connectivity index (χ0v) is 17.6. The van der Waals surface area contributed by atoms with E-state index in [0.717, 1.165) is 12.8 Å². The van der Waals surface area contributed by atoms with Gasteiger partial charge in [0.05, 0.1) is 30.5 Å². The van der Waals surface area contributed by atoms with Crippen LogP contribution in [-0.2, 0) is 16.0 Å². The average Bonchev–Trinajstić information content (AvgIpc) is 3.21. The number of unbranched alkanes of at least 4 members (excludes halogenated alkanes) is 1. The monoisotopic (exact) mass is 439 g/mol. The molecule has 0 saturated carbocycles. The lowest BCUT2D eigenvalue weighted by Gasteiger charge is -2.06. The van der Waals surface area contributed by atoms with Crippen LogP contribution in [0.5, 0.6) is 0 Å². The Balaban J connectivity index is 1.50. The number of nitrogens with one attached hydrogen (secondary N) is 2. The summed E-state index contributed by atoms with van der Waals surface area (Å²) in [5, 5.41) is 7.44. The molecule has 10 heteroatoms. The molecule has 0 saturated heterocycles. The van der Waals surface area contributed by atoms with Gasteiger partial charge in [-0.2, -0.15) is 0 Å². The van der Waals surface area contributed by atoms with E-state index in [2.05, 4.69) is 25.6 Å². The molecule has 0 aliphatic heterocycles. The summed E-state index contributed by atoms with van der Waals surface area (Å²) in [7, 11) is 0. The summed E-state index contributed by atoms with van der Waals surface area (Å²) in [4.78, 5) is 48.3. The predicted molar refractivity (Wildman–Crippen MR) is 116 cm³/mol. The molecule has 2 heterocycles. The molecule has 0 aliphatic carbocycles. The molecule has 0 fully saturated rings. The molecule has 2 amide bonds. The van der Waals surface area contributed by atoms with Gasteiger partial charge in [-0.1, -0.05) is 13.3 Å². The normalized spacial score (nSPS) is 10.4. The van der Waals surface area contributed by atoms with Crippen molar-refractivity contribution in [1.29, 1.82) is 0 Å². The molecule has 0 radical (unpaired) electrons. The molecular weight excluding hydrogens is 418 g/mol. The molecule has 3 rings (SSSR count). The van der Waals surface area contributed by atoms with Crippen LogP contribution in [-0.4, -0.2) is 39.3 Å². The minimum atomic E-state index is -0.424. The van der Waals surface area contributed by atoms with Crippen LogP contribution >= 0.6 is 11.3 Å². The Hall–Kier alpha value is -3.66. The SMILES string of the molecule is CCCCOC(=O)c1ccc(NC(=O)Cc2csc(NC(=O)c3cnccn3)n2)cc1. The summed E-state index contributed by atoms with van der Waals surface area (Å²) < 4.78 is 5.16. The van der Waals surface area contributed by atoms with Crippen molar-refractivity contribution in [3.05, 3.63) is 65.2 Å². The zero-order chi connectivity index (χ0) is 22.1. The van der Waals surface area contributed by atoms with Gasteiger partial charge < -0.3 is 10.1 Å². The number of carbonyl (C=O) groups excluding carboxylic acids is 3. The number of anilines is 2. The Morgan fingerprint density at radius 1 is 1.10 bits per heavy atom. The van der Waals surface area contributed by atoms with E-state index in [1.54, 1.807) is 29.6 Å². The highest BCUT2D eigenvalue weighted by Crippen LogP contribution is 2.17. The number of esters is 1. The Kier molecular flexibility index (Phi) is 7.77. The van der Waals surface area contributed by atoms with E-state index in [4.69, 9.17) is 4.74 Å². The number of hydrogen-bond acceptors (Lipinski definition) is 8. The second-order valence-corrected chi connectivity index (χ2v) is 7.34. The highest BCUT2D eigenvalue weighted by atomic mass is 32.1. The van der Waals surface area contributed by atoms with E-state index < -0.39 is 5.91 Å². The van der Waals surface area contributed by atoms with Gasteiger partial charge in [-0.05, 0) is 30.7 Å². The van der Waals surface area contributed by atoms with Crippen molar-refractivity contribution in [3.63, 3.8) is 0 Å². The first kappa shape index (κ1) is 22.0. The summed E-state index contributed by atoms with van der Waals surface area (Å²) >= 11 is 1.21. The third-order valence-electron chi connectivity index (χ3n) is 4.05. The summed E-state index contributed by atoms with van der Waals surface area (Å²) in [5.41, 5.74) is 1.68. The Morgan fingerprint density at radius 2 is 1.90 bits per heavy atom. The van der Waals surface area contributed by atoms with Gasteiger partial charge in [0.25, 0.3) is 5.91 Å². The highest BCUT2D eigenvalue weighted by Gasteiger charge is 2.13. The first-order valence-electron chi connectivity index (χ1n) is 9.64. The van der Waals surface area contributed by atoms with Crippen LogP contribution in [0.4, 0.5) is 10.8 Å². The van der Waals surface area contributed by atoms with Gasteiger partial charge in [-0.25, -0.2) is 14.8 Å². The predicted octanol–water partition coefficient (Wildman–Crippen LogP) is 3.32. The van der Waals surface area contributed by atoms with E-state index in [9.17, 15) is 14.4 Å². The summed E-state index contributed by atoms with van der Waals surface area (Å²) in [6.07, 6.45) is 6.07. The fourth-order valence-corrected chi connectivity index (χ4v) is 3.18. The Bertz CT molecular complexity index is 1040. The lowest BCUT2D eigenvalue weighted by atomic mass is 10.2. The summed E-state index contributed by atoms with van der Waals surface area (Å²) in [6.45, 7) is 2.41. The zero-order valence-electron chi connectivity index (χ0n) is 16.8. The van der Waals surface area contributed by atoms with E-state index in [-0.39, 0.29) is 24.0 Å². The number of rotatable bonds is 9. The first-order valence-corrected chi connectivity index (χ1v) is 10.5. The van der Waals surface area contributed by atoms with Crippen LogP contribution in [0.2, 0.25) is 0 Å². The quantitative estimate of drug-likeness (QED) is 0.387. The van der Waals surface area contributed by atoms with Gasteiger partial charge in [0.15, 0.2) is 5.13 Å². The molecule has 0 atom stereocenters. The first-order chi connectivity index (χ1) is 15.0. The molecule has 3 aromatic rings. The number of hydrogen-bond donors (Lipinski definition) is 2. The van der Waals surface area contributed by atoms with Crippen LogP contribution < -0.4 is 10.6 Å². The minimum Gasteiger partial charge on any atom is -0.462 e. The molecule has 0 bridgehead atoms. The molecule has 160 valence electrons. The number of aromatic nitrogens is 3. The van der Waals surface area contributed by atoms with Crippen molar-refractivity contribution >= 4 is 39.9 Å². The van der Waals surface area contributed by atoms with Gasteiger partial charge >= 0.3 is 5.97 Å². The third kappa shape index (κ3) is 6.68. The van der Waals surface area contributed by atoms with Gasteiger partial charge in [0.2, 0.25) is 5.91 Å². The number of carbonyl (C=O) groups is 3. The topological polar surface area (TPSA) is 123 Å². The number of ether oxygens (including phenoxy) is 1. The van der Waals surface area contributed by atoms with Crippen LogP contribution in [0.15, 0.2) is 48.2 Å². The summed E-state index contributed by atoms with van der Waals surface area (Å²) in [5.74, 6) is -1.08. The fraction of sp³-hybridized carbons (Fsp3) is 0.238. The van der Waals surface area contributed by atoms with E-state index in [1.165, 1.54) is 29.9 Å². The van der Waals surface area contributed by atoms with Crippen molar-refractivity contribution in [3.8, 4) is 0 Å². The van der Waals surface area contributed by atoms with Crippen LogP contribution in [0.1, 0.15) is 46.3 Å². The maximum absolute atomic E-state index is 12.3. The second kappa shape index (κ2) is 10.9. The molecule has 1 aromatic carbocycles. The third-order valence-corrected chi connectivity index (χ3v) is 4.85. The van der Waals surface area contributed by atoms with Crippen molar-refractivity contribution < 1.29 is 19.1 Å². The number of benzene rings is 1. The molecule has 31 heavy (non-hydrogen) atoms. The van der Waals surface area contributed by atoms with E-state index >= 15 is 0 Å². The molecule has 2 aromatic heterocycles. The van der Waals surface area contributed by atoms with Crippen LogP contribution in [0, 0.1) is 0 Å². The van der Waals surface area contributed by atoms with E-state index in [1.807, 2.05) is 6.92 Å². The maximum atomic E-state index is 12.3. The molecule has 0 aliphatic rings. The van der Waals surface area contributed by atoms with Crippen LogP contribution in [0.25, 0.3) is 0 Å². The fourth-order valence-electron chi connectivity index (χ4n) is 2.47. The number of nitrogens with zero attached hydrogens (tertiary/aromatic N) is 3. The van der Waals surface area contributed by atoms with Gasteiger partial charge in [0, 0.05) is 23.5 Å². The molecule has 0 spiro atoms. The minimum absolute atomic E-state index is 0.0400. The summed E-state index contributed by atoms with van der Waals surface area (Å²) in [6, 6.07) is 6.49. The smallest absolute Gasteiger partial charge is 0.338 e.